The van der Waals surface area contributed by atoms with Gasteiger partial charge in [-0.05, 0) is 30.7 Å². The van der Waals surface area contributed by atoms with Crippen molar-refractivity contribution in [1.82, 2.24) is 14.9 Å². The van der Waals surface area contributed by atoms with Crippen molar-refractivity contribution in [3.05, 3.63) is 48.3 Å². The van der Waals surface area contributed by atoms with Crippen molar-refractivity contribution in [2.24, 2.45) is 10.7 Å². The zero-order valence-corrected chi connectivity index (χ0v) is 14.6. The third-order valence-electron chi connectivity index (χ3n) is 4.20. The molecule has 2 heterocycles. The molecule has 7 nitrogen and oxygen atoms in total. The number of aromatic nitrogens is 2. The Bertz CT molecular complexity index is 694. The van der Waals surface area contributed by atoms with E-state index in [-0.39, 0.29) is 0 Å². The van der Waals surface area contributed by atoms with Crippen molar-refractivity contribution in [3.63, 3.8) is 0 Å². The van der Waals surface area contributed by atoms with Gasteiger partial charge in [0.2, 0.25) is 5.95 Å². The highest BCUT2D eigenvalue weighted by Crippen LogP contribution is 2.10. The molecule has 1 aliphatic heterocycles. The first-order chi connectivity index (χ1) is 12.2. The first-order valence-corrected chi connectivity index (χ1v) is 8.58. The molecule has 132 valence electrons. The standard InChI is InChI=1S/C18H25N7/c1-15-4-2-5-16(14-15)23-17(19)20-8-9-24-10-12-25(13-11-24)18-21-6-3-7-22-18/h2-7,14H,8-13H2,1H3,(H3,19,20,23). The summed E-state index contributed by atoms with van der Waals surface area (Å²) in [6.45, 7) is 7.48. The summed E-state index contributed by atoms with van der Waals surface area (Å²) in [5.74, 6) is 1.27. The fourth-order valence-corrected chi connectivity index (χ4v) is 2.85. The molecule has 0 unspecified atom stereocenters. The van der Waals surface area contributed by atoms with Crippen LogP contribution < -0.4 is 16.0 Å². The Balaban J connectivity index is 1.41. The molecular formula is C18H25N7. The van der Waals surface area contributed by atoms with E-state index in [0.717, 1.165) is 44.4 Å². The highest BCUT2D eigenvalue weighted by molar-refractivity contribution is 5.92. The minimum absolute atomic E-state index is 0.460. The van der Waals surface area contributed by atoms with Crippen molar-refractivity contribution >= 4 is 17.6 Å². The summed E-state index contributed by atoms with van der Waals surface area (Å²) in [6, 6.07) is 9.93. The number of benzene rings is 1. The normalized spacial score (nSPS) is 16.0. The molecule has 0 saturated carbocycles. The summed E-state index contributed by atoms with van der Waals surface area (Å²) in [6.07, 6.45) is 3.57. The highest BCUT2D eigenvalue weighted by Gasteiger charge is 2.18. The molecule has 7 heteroatoms. The van der Waals surface area contributed by atoms with Crippen LogP contribution in [-0.2, 0) is 0 Å². The number of nitrogens with one attached hydrogen (secondary N) is 1. The number of guanidine groups is 1. The van der Waals surface area contributed by atoms with Gasteiger partial charge in [-0.25, -0.2) is 9.97 Å². The molecule has 3 N–H and O–H groups in total. The molecule has 1 aromatic heterocycles. The van der Waals surface area contributed by atoms with Crippen LogP contribution in [-0.4, -0.2) is 60.1 Å². The number of rotatable bonds is 5. The molecule has 25 heavy (non-hydrogen) atoms. The van der Waals surface area contributed by atoms with Crippen LogP contribution in [0.1, 0.15) is 5.56 Å². The second-order valence-electron chi connectivity index (χ2n) is 6.14. The third kappa shape index (κ3) is 5.15. The van der Waals surface area contributed by atoms with Gasteiger partial charge in [0.05, 0.1) is 6.54 Å². The van der Waals surface area contributed by atoms with E-state index < -0.39 is 0 Å². The number of anilines is 2. The van der Waals surface area contributed by atoms with Crippen molar-refractivity contribution in [2.45, 2.75) is 6.92 Å². The first kappa shape index (κ1) is 17.2. The predicted octanol–water partition coefficient (Wildman–Crippen LogP) is 1.33. The summed E-state index contributed by atoms with van der Waals surface area (Å²) in [5.41, 5.74) is 8.13. The number of aliphatic imine (C=N–C) groups is 1. The average molecular weight is 339 g/mol. The molecule has 0 amide bonds. The second kappa shape index (κ2) is 8.43. The molecule has 1 fully saturated rings. The van der Waals surface area contributed by atoms with E-state index in [2.05, 4.69) is 43.1 Å². The third-order valence-corrected chi connectivity index (χ3v) is 4.20. The van der Waals surface area contributed by atoms with Crippen LogP contribution in [0.25, 0.3) is 0 Å². The lowest BCUT2D eigenvalue weighted by Crippen LogP contribution is -2.47. The van der Waals surface area contributed by atoms with Crippen LogP contribution in [0, 0.1) is 6.92 Å². The van der Waals surface area contributed by atoms with Gasteiger partial charge >= 0.3 is 0 Å². The fourth-order valence-electron chi connectivity index (χ4n) is 2.85. The van der Waals surface area contributed by atoms with Gasteiger partial charge in [0, 0.05) is 50.8 Å². The zero-order chi connectivity index (χ0) is 17.5. The Kier molecular flexibility index (Phi) is 5.79. The molecule has 2 aromatic rings. The van der Waals surface area contributed by atoms with E-state index in [4.69, 9.17) is 5.73 Å². The number of nitrogens with two attached hydrogens (primary N) is 1. The van der Waals surface area contributed by atoms with E-state index in [1.54, 1.807) is 12.4 Å². The Labute approximate surface area is 148 Å². The number of piperazine rings is 1. The lowest BCUT2D eigenvalue weighted by molar-refractivity contribution is 0.264. The van der Waals surface area contributed by atoms with Gasteiger partial charge in [0.25, 0.3) is 0 Å². The molecule has 0 bridgehead atoms. The number of hydrogen-bond acceptors (Lipinski definition) is 5. The van der Waals surface area contributed by atoms with Gasteiger partial charge in [0.15, 0.2) is 5.96 Å². The quantitative estimate of drug-likeness (QED) is 0.632. The van der Waals surface area contributed by atoms with Gasteiger partial charge < -0.3 is 16.0 Å². The molecule has 0 atom stereocenters. The maximum atomic E-state index is 5.97. The molecule has 0 aliphatic carbocycles. The fraction of sp³-hybridized carbons (Fsp3) is 0.389. The van der Waals surface area contributed by atoms with E-state index in [1.165, 1.54) is 5.56 Å². The summed E-state index contributed by atoms with van der Waals surface area (Å²) in [5, 5.41) is 3.13. The SMILES string of the molecule is Cc1cccc(NC(N)=NCCN2CCN(c3ncccn3)CC2)c1. The minimum Gasteiger partial charge on any atom is -0.370 e. The van der Waals surface area contributed by atoms with Crippen LogP contribution in [0.2, 0.25) is 0 Å². The number of hydrogen-bond donors (Lipinski definition) is 2. The van der Waals surface area contributed by atoms with Gasteiger partial charge in [-0.2, -0.15) is 0 Å². The Morgan fingerprint density at radius 2 is 1.92 bits per heavy atom. The molecule has 1 aromatic carbocycles. The van der Waals surface area contributed by atoms with E-state index in [0.29, 0.717) is 12.5 Å². The Morgan fingerprint density at radius 1 is 1.16 bits per heavy atom. The van der Waals surface area contributed by atoms with Gasteiger partial charge in [0.1, 0.15) is 0 Å². The lowest BCUT2D eigenvalue weighted by atomic mass is 10.2. The van der Waals surface area contributed by atoms with Crippen molar-refractivity contribution < 1.29 is 0 Å². The maximum Gasteiger partial charge on any atom is 0.225 e. The molecule has 0 spiro atoms. The molecule has 3 rings (SSSR count). The minimum atomic E-state index is 0.460. The van der Waals surface area contributed by atoms with E-state index in [9.17, 15) is 0 Å². The monoisotopic (exact) mass is 339 g/mol. The summed E-state index contributed by atoms with van der Waals surface area (Å²) in [4.78, 5) is 17.6. The van der Waals surface area contributed by atoms with Crippen LogP contribution in [0.3, 0.4) is 0 Å². The number of aryl methyl sites for hydroxylation is 1. The molecule has 1 saturated heterocycles. The smallest absolute Gasteiger partial charge is 0.225 e. The van der Waals surface area contributed by atoms with Crippen LogP contribution in [0.5, 0.6) is 0 Å². The number of nitrogens with zero attached hydrogens (tertiary/aromatic N) is 5. The summed E-state index contributed by atoms with van der Waals surface area (Å²) in [7, 11) is 0. The van der Waals surface area contributed by atoms with Crippen LogP contribution in [0.4, 0.5) is 11.6 Å². The molecule has 1 aliphatic rings. The summed E-state index contributed by atoms with van der Waals surface area (Å²) >= 11 is 0. The van der Waals surface area contributed by atoms with Crippen molar-refractivity contribution in [2.75, 3.05) is 49.5 Å². The predicted molar refractivity (Wildman–Crippen MR) is 102 cm³/mol. The van der Waals surface area contributed by atoms with Gasteiger partial charge in [-0.1, -0.05) is 12.1 Å². The zero-order valence-electron chi connectivity index (χ0n) is 14.6. The first-order valence-electron chi connectivity index (χ1n) is 8.58. The topological polar surface area (TPSA) is 82.7 Å². The van der Waals surface area contributed by atoms with Crippen LogP contribution >= 0.6 is 0 Å². The Morgan fingerprint density at radius 3 is 2.64 bits per heavy atom. The highest BCUT2D eigenvalue weighted by atomic mass is 15.3. The molecular weight excluding hydrogens is 314 g/mol. The lowest BCUT2D eigenvalue weighted by Gasteiger charge is -2.34. The average Bonchev–Trinajstić information content (AvgIpc) is 2.63. The van der Waals surface area contributed by atoms with E-state index >= 15 is 0 Å². The maximum absolute atomic E-state index is 5.97. The summed E-state index contributed by atoms with van der Waals surface area (Å²) < 4.78 is 0. The van der Waals surface area contributed by atoms with E-state index in [1.807, 2.05) is 24.3 Å². The van der Waals surface area contributed by atoms with Gasteiger partial charge in [-0.3, -0.25) is 9.89 Å². The Hall–Kier alpha value is -2.67. The van der Waals surface area contributed by atoms with Crippen molar-refractivity contribution in [3.8, 4) is 0 Å². The second-order valence-corrected chi connectivity index (χ2v) is 6.14. The van der Waals surface area contributed by atoms with Gasteiger partial charge in [-0.15, -0.1) is 0 Å². The van der Waals surface area contributed by atoms with Crippen molar-refractivity contribution in [1.29, 1.82) is 0 Å². The van der Waals surface area contributed by atoms with Crippen LogP contribution in [0.15, 0.2) is 47.7 Å². The largest absolute Gasteiger partial charge is 0.370 e. The molecule has 0 radical (unpaired) electrons.